The lowest BCUT2D eigenvalue weighted by molar-refractivity contribution is -0.123. The van der Waals surface area contributed by atoms with Crippen molar-refractivity contribution in [1.82, 2.24) is 4.90 Å². The number of nitrogens with two attached hydrogens (primary N) is 2. The minimum atomic E-state index is -0.265. The number of primary amides is 1. The molecule has 1 amide bonds. The van der Waals surface area contributed by atoms with E-state index in [0.29, 0.717) is 6.54 Å². The van der Waals surface area contributed by atoms with E-state index in [2.05, 4.69) is 12.1 Å². The topological polar surface area (TPSA) is 72.3 Å². The van der Waals surface area contributed by atoms with Crippen molar-refractivity contribution in [3.63, 3.8) is 0 Å². The average molecular weight is 249 g/mol. The van der Waals surface area contributed by atoms with E-state index in [1.807, 2.05) is 30.1 Å². The second-order valence-corrected chi connectivity index (χ2v) is 4.57. The van der Waals surface area contributed by atoms with Gasteiger partial charge in [-0.05, 0) is 38.4 Å². The van der Waals surface area contributed by atoms with Crippen LogP contribution in [0.3, 0.4) is 0 Å². The highest BCUT2D eigenvalue weighted by molar-refractivity contribution is 5.79. The maximum Gasteiger partial charge on any atom is 0.234 e. The highest BCUT2D eigenvalue weighted by Gasteiger charge is 2.19. The van der Waals surface area contributed by atoms with Gasteiger partial charge in [0, 0.05) is 6.54 Å². The van der Waals surface area contributed by atoms with Crippen LogP contribution in [0.4, 0.5) is 0 Å². The van der Waals surface area contributed by atoms with E-state index in [1.54, 1.807) is 0 Å². The van der Waals surface area contributed by atoms with Gasteiger partial charge in [0.2, 0.25) is 5.91 Å². The molecule has 1 rings (SSSR count). The molecule has 0 bridgehead atoms. The SMILES string of the molecule is CN(CCc1ccccc1)[C@@H](CCCN)C(N)=O. The average Bonchev–Trinajstić information content (AvgIpc) is 2.37. The highest BCUT2D eigenvalue weighted by atomic mass is 16.1. The standard InChI is InChI=1S/C14H23N3O/c1-17(13(14(16)18)8-5-10-15)11-9-12-6-3-2-4-7-12/h2-4,6-7,13H,5,8-11,15H2,1H3,(H2,16,18)/t13-/m0/s1. The first-order valence-corrected chi connectivity index (χ1v) is 6.38. The summed E-state index contributed by atoms with van der Waals surface area (Å²) in [5.41, 5.74) is 12.2. The molecule has 0 spiro atoms. The largest absolute Gasteiger partial charge is 0.368 e. The third kappa shape index (κ3) is 4.85. The molecule has 0 fully saturated rings. The first-order chi connectivity index (χ1) is 8.65. The molecule has 18 heavy (non-hydrogen) atoms. The second-order valence-electron chi connectivity index (χ2n) is 4.57. The summed E-state index contributed by atoms with van der Waals surface area (Å²) in [5, 5.41) is 0. The van der Waals surface area contributed by atoms with Crippen LogP contribution in [0.25, 0.3) is 0 Å². The van der Waals surface area contributed by atoms with E-state index in [4.69, 9.17) is 11.5 Å². The molecule has 0 saturated heterocycles. The third-order valence-corrected chi connectivity index (χ3v) is 3.14. The Balaban J connectivity index is 2.46. The van der Waals surface area contributed by atoms with Crippen LogP contribution < -0.4 is 11.5 Å². The zero-order chi connectivity index (χ0) is 13.4. The number of benzene rings is 1. The van der Waals surface area contributed by atoms with Crippen molar-refractivity contribution in [2.45, 2.75) is 25.3 Å². The summed E-state index contributed by atoms with van der Waals surface area (Å²) in [5.74, 6) is -0.265. The fourth-order valence-corrected chi connectivity index (χ4v) is 2.00. The predicted molar refractivity (Wildman–Crippen MR) is 74.0 cm³/mol. The third-order valence-electron chi connectivity index (χ3n) is 3.14. The van der Waals surface area contributed by atoms with Crippen molar-refractivity contribution >= 4 is 5.91 Å². The lowest BCUT2D eigenvalue weighted by Crippen LogP contribution is -2.43. The Kier molecular flexibility index (Phi) is 6.39. The molecule has 4 nitrogen and oxygen atoms in total. The smallest absolute Gasteiger partial charge is 0.234 e. The number of likely N-dealkylation sites (N-methyl/N-ethyl adjacent to an activating group) is 1. The van der Waals surface area contributed by atoms with Gasteiger partial charge < -0.3 is 11.5 Å². The van der Waals surface area contributed by atoms with Gasteiger partial charge in [0.15, 0.2) is 0 Å². The first kappa shape index (κ1) is 14.7. The fraction of sp³-hybridized carbons (Fsp3) is 0.500. The van der Waals surface area contributed by atoms with Gasteiger partial charge in [-0.25, -0.2) is 0 Å². The zero-order valence-electron chi connectivity index (χ0n) is 11.0. The quantitative estimate of drug-likeness (QED) is 0.714. The van der Waals surface area contributed by atoms with Gasteiger partial charge >= 0.3 is 0 Å². The van der Waals surface area contributed by atoms with Crippen LogP contribution in [0.15, 0.2) is 30.3 Å². The van der Waals surface area contributed by atoms with E-state index < -0.39 is 0 Å². The van der Waals surface area contributed by atoms with Crippen molar-refractivity contribution in [2.24, 2.45) is 11.5 Å². The van der Waals surface area contributed by atoms with Gasteiger partial charge in [0.05, 0.1) is 6.04 Å². The maximum absolute atomic E-state index is 11.4. The fourth-order valence-electron chi connectivity index (χ4n) is 2.00. The monoisotopic (exact) mass is 249 g/mol. The second kappa shape index (κ2) is 7.84. The lowest BCUT2D eigenvalue weighted by atomic mass is 10.1. The Hall–Kier alpha value is -1.39. The number of rotatable bonds is 8. The molecule has 0 radical (unpaired) electrons. The molecule has 0 aliphatic rings. The number of hydrogen-bond donors (Lipinski definition) is 2. The zero-order valence-corrected chi connectivity index (χ0v) is 11.0. The molecule has 0 unspecified atom stereocenters. The number of amides is 1. The number of carbonyl (C=O) groups excluding carboxylic acids is 1. The van der Waals surface area contributed by atoms with Crippen LogP contribution in [-0.4, -0.2) is 37.0 Å². The maximum atomic E-state index is 11.4. The molecular formula is C14H23N3O. The molecular weight excluding hydrogens is 226 g/mol. The van der Waals surface area contributed by atoms with Gasteiger partial charge in [-0.3, -0.25) is 9.69 Å². The molecule has 0 aliphatic heterocycles. The summed E-state index contributed by atoms with van der Waals surface area (Å²) in [7, 11) is 1.94. The van der Waals surface area contributed by atoms with Crippen molar-refractivity contribution in [3.8, 4) is 0 Å². The molecule has 0 saturated carbocycles. The van der Waals surface area contributed by atoms with Crippen LogP contribution >= 0.6 is 0 Å². The summed E-state index contributed by atoms with van der Waals surface area (Å²) < 4.78 is 0. The van der Waals surface area contributed by atoms with E-state index >= 15 is 0 Å². The van der Waals surface area contributed by atoms with Crippen molar-refractivity contribution in [2.75, 3.05) is 20.1 Å². The van der Waals surface area contributed by atoms with Crippen LogP contribution in [0, 0.1) is 0 Å². The van der Waals surface area contributed by atoms with E-state index in [0.717, 1.165) is 25.8 Å². The molecule has 0 aliphatic carbocycles. The molecule has 4 heteroatoms. The number of nitrogens with zero attached hydrogens (tertiary/aromatic N) is 1. The minimum absolute atomic E-state index is 0.211. The Morgan fingerprint density at radius 1 is 1.33 bits per heavy atom. The van der Waals surface area contributed by atoms with Crippen LogP contribution in [0.2, 0.25) is 0 Å². The van der Waals surface area contributed by atoms with Crippen LogP contribution in [0.5, 0.6) is 0 Å². The molecule has 100 valence electrons. The Morgan fingerprint density at radius 3 is 2.56 bits per heavy atom. The van der Waals surface area contributed by atoms with Gasteiger partial charge in [-0.15, -0.1) is 0 Å². The van der Waals surface area contributed by atoms with E-state index in [-0.39, 0.29) is 11.9 Å². The van der Waals surface area contributed by atoms with Gasteiger partial charge in [-0.2, -0.15) is 0 Å². The molecule has 0 aromatic heterocycles. The van der Waals surface area contributed by atoms with Crippen molar-refractivity contribution in [1.29, 1.82) is 0 Å². The summed E-state index contributed by atoms with van der Waals surface area (Å²) >= 11 is 0. The summed E-state index contributed by atoms with van der Waals surface area (Å²) in [4.78, 5) is 13.4. The lowest BCUT2D eigenvalue weighted by Gasteiger charge is -2.25. The molecule has 1 aromatic rings. The van der Waals surface area contributed by atoms with Crippen molar-refractivity contribution < 1.29 is 4.79 Å². The van der Waals surface area contributed by atoms with E-state index in [9.17, 15) is 4.79 Å². The Morgan fingerprint density at radius 2 is 2.00 bits per heavy atom. The number of hydrogen-bond acceptors (Lipinski definition) is 3. The van der Waals surface area contributed by atoms with Crippen molar-refractivity contribution in [3.05, 3.63) is 35.9 Å². The highest BCUT2D eigenvalue weighted by Crippen LogP contribution is 2.07. The Bertz CT molecular complexity index is 353. The Labute approximate surface area is 109 Å². The van der Waals surface area contributed by atoms with E-state index in [1.165, 1.54) is 5.56 Å². The predicted octanol–water partition coefficient (Wildman–Crippen LogP) is 0.754. The summed E-state index contributed by atoms with van der Waals surface area (Å²) in [6.07, 6.45) is 2.48. The molecule has 1 aromatic carbocycles. The normalized spacial score (nSPS) is 12.6. The van der Waals surface area contributed by atoms with Gasteiger partial charge in [0.1, 0.15) is 0 Å². The van der Waals surface area contributed by atoms with Crippen LogP contribution in [-0.2, 0) is 11.2 Å². The molecule has 4 N–H and O–H groups in total. The first-order valence-electron chi connectivity index (χ1n) is 6.38. The minimum Gasteiger partial charge on any atom is -0.368 e. The summed E-state index contributed by atoms with van der Waals surface area (Å²) in [6.45, 7) is 1.42. The van der Waals surface area contributed by atoms with Gasteiger partial charge in [0.25, 0.3) is 0 Å². The molecule has 1 atom stereocenters. The number of carbonyl (C=O) groups is 1. The molecule has 0 heterocycles. The van der Waals surface area contributed by atoms with Gasteiger partial charge in [-0.1, -0.05) is 30.3 Å². The van der Waals surface area contributed by atoms with Crippen LogP contribution in [0.1, 0.15) is 18.4 Å². The summed E-state index contributed by atoms with van der Waals surface area (Å²) in [6, 6.07) is 10.0.